The van der Waals surface area contributed by atoms with E-state index in [0.717, 1.165) is 3.57 Å². The second-order valence-electron chi connectivity index (χ2n) is 4.38. The molecule has 1 N–H and O–H groups in total. The van der Waals surface area contributed by atoms with Gasteiger partial charge in [-0.25, -0.2) is 8.42 Å². The van der Waals surface area contributed by atoms with Crippen LogP contribution in [0.15, 0.2) is 47.4 Å². The van der Waals surface area contributed by atoms with Crippen LogP contribution in [0.5, 0.6) is 0 Å². The van der Waals surface area contributed by atoms with Gasteiger partial charge in [-0.1, -0.05) is 0 Å². The largest absolute Gasteiger partial charge is 0.322 e. The molecule has 2 aromatic carbocycles. The van der Waals surface area contributed by atoms with Gasteiger partial charge in [0.25, 0.3) is 15.0 Å². The van der Waals surface area contributed by atoms with Gasteiger partial charge in [-0.3, -0.25) is 4.79 Å². The number of amides is 1. The zero-order valence-corrected chi connectivity index (χ0v) is 14.7. The van der Waals surface area contributed by atoms with Gasteiger partial charge in [-0.2, -0.15) is 0 Å². The molecule has 0 saturated carbocycles. The molecule has 0 aliphatic heterocycles. The number of nitrogens with one attached hydrogen (secondary N) is 1. The number of carbonyl (C=O) groups excluding carboxylic acids is 1. The van der Waals surface area contributed by atoms with E-state index >= 15 is 0 Å². The van der Waals surface area contributed by atoms with E-state index in [-0.39, 0.29) is 10.8 Å². The van der Waals surface area contributed by atoms with Crippen molar-refractivity contribution < 1.29 is 13.2 Å². The van der Waals surface area contributed by atoms with Crippen molar-refractivity contribution in [2.24, 2.45) is 0 Å². The van der Waals surface area contributed by atoms with Crippen molar-refractivity contribution >= 4 is 53.9 Å². The number of hydrogen-bond donors (Lipinski definition) is 1. The van der Waals surface area contributed by atoms with Crippen molar-refractivity contribution in [2.75, 3.05) is 5.32 Å². The van der Waals surface area contributed by atoms with E-state index in [1.807, 2.05) is 12.1 Å². The standard InChI is InChI=1S/C14H11ClINO3S/c1-9-8-12(21(15,19)20)6-7-13(9)17-14(18)10-2-4-11(16)5-3-10/h2-8H,1H3,(H,17,18). The highest BCUT2D eigenvalue weighted by Gasteiger charge is 2.13. The molecule has 0 aliphatic rings. The van der Waals surface area contributed by atoms with Crippen LogP contribution < -0.4 is 5.32 Å². The Morgan fingerprint density at radius 1 is 1.14 bits per heavy atom. The summed E-state index contributed by atoms with van der Waals surface area (Å²) in [6.45, 7) is 1.70. The van der Waals surface area contributed by atoms with Gasteiger partial charge in [-0.15, -0.1) is 0 Å². The minimum absolute atomic E-state index is 0.00827. The molecule has 0 radical (unpaired) electrons. The van der Waals surface area contributed by atoms with E-state index in [9.17, 15) is 13.2 Å². The van der Waals surface area contributed by atoms with Gasteiger partial charge < -0.3 is 5.32 Å². The molecule has 0 atom stereocenters. The van der Waals surface area contributed by atoms with E-state index in [1.165, 1.54) is 18.2 Å². The summed E-state index contributed by atoms with van der Waals surface area (Å²) < 4.78 is 23.5. The van der Waals surface area contributed by atoms with E-state index in [0.29, 0.717) is 16.8 Å². The molecule has 110 valence electrons. The first-order chi connectivity index (χ1) is 9.77. The molecule has 0 aromatic heterocycles. The normalized spacial score (nSPS) is 11.2. The van der Waals surface area contributed by atoms with E-state index in [4.69, 9.17) is 10.7 Å². The molecule has 0 unspecified atom stereocenters. The summed E-state index contributed by atoms with van der Waals surface area (Å²) >= 11 is 2.16. The highest BCUT2D eigenvalue weighted by Crippen LogP contribution is 2.22. The number of halogens is 2. The number of benzene rings is 2. The molecular formula is C14H11ClINO3S. The molecule has 7 heteroatoms. The second-order valence-corrected chi connectivity index (χ2v) is 8.19. The Bertz CT molecular complexity index is 788. The average Bonchev–Trinajstić information content (AvgIpc) is 2.40. The summed E-state index contributed by atoms with van der Waals surface area (Å²) in [7, 11) is 1.51. The molecule has 2 aromatic rings. The highest BCUT2D eigenvalue weighted by molar-refractivity contribution is 14.1. The number of aryl methyl sites for hydroxylation is 1. The Labute approximate surface area is 141 Å². The van der Waals surface area contributed by atoms with Crippen molar-refractivity contribution in [3.8, 4) is 0 Å². The molecule has 0 heterocycles. The minimum Gasteiger partial charge on any atom is -0.322 e. The zero-order valence-electron chi connectivity index (χ0n) is 10.9. The zero-order chi connectivity index (χ0) is 15.6. The Hall–Kier alpha value is -1.12. The van der Waals surface area contributed by atoms with Crippen LogP contribution in [0.3, 0.4) is 0 Å². The number of rotatable bonds is 3. The van der Waals surface area contributed by atoms with Crippen molar-refractivity contribution in [3.05, 3.63) is 57.2 Å². The summed E-state index contributed by atoms with van der Waals surface area (Å²) in [5.74, 6) is -0.254. The maximum Gasteiger partial charge on any atom is 0.261 e. The molecule has 1 amide bonds. The Balaban J connectivity index is 2.24. The maximum absolute atomic E-state index is 12.1. The topological polar surface area (TPSA) is 63.2 Å². The molecule has 0 aliphatic carbocycles. The average molecular weight is 436 g/mol. The van der Waals surface area contributed by atoms with Crippen LogP contribution in [0.2, 0.25) is 0 Å². The summed E-state index contributed by atoms with van der Waals surface area (Å²) in [6.07, 6.45) is 0. The van der Waals surface area contributed by atoms with Crippen molar-refractivity contribution in [1.82, 2.24) is 0 Å². The van der Waals surface area contributed by atoms with Gasteiger partial charge >= 0.3 is 0 Å². The molecular weight excluding hydrogens is 425 g/mol. The Morgan fingerprint density at radius 2 is 1.76 bits per heavy atom. The van der Waals surface area contributed by atoms with Gasteiger partial charge in [0.2, 0.25) is 0 Å². The van der Waals surface area contributed by atoms with Crippen LogP contribution in [0.25, 0.3) is 0 Å². The van der Waals surface area contributed by atoms with Gasteiger partial charge in [0.15, 0.2) is 0 Å². The number of carbonyl (C=O) groups is 1. The molecule has 4 nitrogen and oxygen atoms in total. The fourth-order valence-corrected chi connectivity index (χ4v) is 2.92. The SMILES string of the molecule is Cc1cc(S(=O)(=O)Cl)ccc1NC(=O)c1ccc(I)cc1. The molecule has 0 spiro atoms. The van der Waals surface area contributed by atoms with Crippen molar-refractivity contribution in [1.29, 1.82) is 0 Å². The third-order valence-corrected chi connectivity index (χ3v) is 4.90. The van der Waals surface area contributed by atoms with E-state index in [1.54, 1.807) is 19.1 Å². The van der Waals surface area contributed by atoms with Gasteiger partial charge in [-0.05, 0) is 77.5 Å². The monoisotopic (exact) mass is 435 g/mol. The summed E-state index contributed by atoms with van der Waals surface area (Å²) in [4.78, 5) is 12.1. The van der Waals surface area contributed by atoms with Gasteiger partial charge in [0.05, 0.1) is 4.90 Å². The van der Waals surface area contributed by atoms with Crippen LogP contribution in [0, 0.1) is 10.5 Å². The van der Waals surface area contributed by atoms with Crippen LogP contribution in [0.1, 0.15) is 15.9 Å². The Kier molecular flexibility index (Phi) is 4.90. The fraction of sp³-hybridized carbons (Fsp3) is 0.0714. The number of anilines is 1. The summed E-state index contributed by atoms with van der Waals surface area (Å²) in [5.41, 5.74) is 1.70. The maximum atomic E-state index is 12.1. The molecule has 2 rings (SSSR count). The predicted octanol–water partition coefficient (Wildman–Crippen LogP) is 3.78. The summed E-state index contributed by atoms with van der Waals surface area (Å²) in [6, 6.07) is 11.4. The third kappa shape index (κ3) is 4.18. The lowest BCUT2D eigenvalue weighted by Gasteiger charge is -2.09. The van der Waals surface area contributed by atoms with Crippen LogP contribution in [-0.4, -0.2) is 14.3 Å². The van der Waals surface area contributed by atoms with E-state index < -0.39 is 9.05 Å². The van der Waals surface area contributed by atoms with Gasteiger partial charge in [0.1, 0.15) is 0 Å². The smallest absolute Gasteiger partial charge is 0.261 e. The fourth-order valence-electron chi connectivity index (χ4n) is 1.72. The quantitative estimate of drug-likeness (QED) is 0.589. The predicted molar refractivity (Wildman–Crippen MR) is 91.3 cm³/mol. The van der Waals surface area contributed by atoms with Crippen LogP contribution in [0.4, 0.5) is 5.69 Å². The first kappa shape index (κ1) is 16.3. The number of hydrogen-bond acceptors (Lipinski definition) is 3. The highest BCUT2D eigenvalue weighted by atomic mass is 127. The lowest BCUT2D eigenvalue weighted by molar-refractivity contribution is 0.102. The Morgan fingerprint density at radius 3 is 2.29 bits per heavy atom. The second kappa shape index (κ2) is 6.33. The molecule has 0 fully saturated rings. The molecule has 21 heavy (non-hydrogen) atoms. The lowest BCUT2D eigenvalue weighted by Crippen LogP contribution is -2.12. The van der Waals surface area contributed by atoms with E-state index in [2.05, 4.69) is 27.9 Å². The van der Waals surface area contributed by atoms with Crippen molar-refractivity contribution in [3.63, 3.8) is 0 Å². The van der Waals surface area contributed by atoms with Crippen molar-refractivity contribution in [2.45, 2.75) is 11.8 Å². The molecule has 0 saturated heterocycles. The van der Waals surface area contributed by atoms with Gasteiger partial charge in [0, 0.05) is 25.5 Å². The van der Waals surface area contributed by atoms with Crippen LogP contribution >= 0.6 is 33.3 Å². The minimum atomic E-state index is -3.77. The third-order valence-electron chi connectivity index (χ3n) is 2.83. The molecule has 0 bridgehead atoms. The lowest BCUT2D eigenvalue weighted by atomic mass is 10.1. The summed E-state index contributed by atoms with van der Waals surface area (Å²) in [5, 5.41) is 2.75. The van der Waals surface area contributed by atoms with Crippen LogP contribution in [-0.2, 0) is 9.05 Å². The first-order valence-electron chi connectivity index (χ1n) is 5.89. The first-order valence-corrected chi connectivity index (χ1v) is 9.28.